The lowest BCUT2D eigenvalue weighted by Gasteiger charge is -2.31. The van der Waals surface area contributed by atoms with Gasteiger partial charge in [-0.15, -0.1) is 0 Å². The molecule has 2 rings (SSSR count). The van der Waals surface area contributed by atoms with E-state index in [9.17, 15) is 8.42 Å². The van der Waals surface area contributed by atoms with Gasteiger partial charge < -0.3 is 0 Å². The predicted octanol–water partition coefficient (Wildman–Crippen LogP) is 0.771. The highest BCUT2D eigenvalue weighted by molar-refractivity contribution is 7.92. The maximum absolute atomic E-state index is 12.0. The Labute approximate surface area is 125 Å². The molecular weight excluding hydrogens is 288 g/mol. The molecule has 6 nitrogen and oxygen atoms in total. The Morgan fingerprint density at radius 3 is 2.57 bits per heavy atom. The summed E-state index contributed by atoms with van der Waals surface area (Å²) in [5.41, 5.74) is 4.50. The van der Waals surface area contributed by atoms with Crippen LogP contribution in [0.3, 0.4) is 0 Å². The molecule has 0 saturated heterocycles. The number of hydrogen-bond acceptors (Lipinski definition) is 5. The minimum Gasteiger partial charge on any atom is -0.271 e. The van der Waals surface area contributed by atoms with Crippen LogP contribution in [-0.4, -0.2) is 35.2 Å². The molecule has 0 aliphatic rings. The quantitative estimate of drug-likeness (QED) is 0.629. The Morgan fingerprint density at radius 2 is 2.00 bits per heavy atom. The second-order valence-electron chi connectivity index (χ2n) is 5.89. The van der Waals surface area contributed by atoms with Crippen LogP contribution in [0.2, 0.25) is 0 Å². The van der Waals surface area contributed by atoms with E-state index in [2.05, 4.69) is 10.5 Å². The van der Waals surface area contributed by atoms with Crippen LogP contribution in [0, 0.1) is 0 Å². The first kappa shape index (κ1) is 15.9. The van der Waals surface area contributed by atoms with E-state index in [0.29, 0.717) is 6.42 Å². The summed E-state index contributed by atoms with van der Waals surface area (Å²) in [7, 11) is -1.38. The van der Waals surface area contributed by atoms with E-state index >= 15 is 0 Å². The summed E-state index contributed by atoms with van der Waals surface area (Å²) in [4.78, 5) is 0. The molecule has 0 bridgehead atoms. The van der Waals surface area contributed by atoms with Crippen molar-refractivity contribution in [1.82, 2.24) is 15.2 Å². The molecule has 116 valence electrons. The molecule has 1 atom stereocenters. The van der Waals surface area contributed by atoms with Gasteiger partial charge in [-0.1, -0.05) is 18.2 Å². The van der Waals surface area contributed by atoms with Crippen LogP contribution in [0.25, 0.3) is 10.9 Å². The maximum Gasteiger partial charge on any atom is 0.154 e. The first-order valence-electron chi connectivity index (χ1n) is 6.75. The molecule has 0 spiro atoms. The average Bonchev–Trinajstić information content (AvgIpc) is 2.72. The second kappa shape index (κ2) is 5.40. The normalized spacial score (nSPS) is 14.5. The number of hydrazine groups is 1. The first-order valence-corrected chi connectivity index (χ1v) is 8.64. The Kier molecular flexibility index (Phi) is 4.10. The second-order valence-corrected chi connectivity index (χ2v) is 8.48. The van der Waals surface area contributed by atoms with Crippen molar-refractivity contribution in [3.63, 3.8) is 0 Å². The third-order valence-corrected chi connectivity index (χ3v) is 6.42. The lowest BCUT2D eigenvalue weighted by Crippen LogP contribution is -2.55. The van der Waals surface area contributed by atoms with Gasteiger partial charge in [-0.25, -0.2) is 8.42 Å². The lowest BCUT2D eigenvalue weighted by molar-refractivity contribution is 0.410. The number of nitrogens with two attached hydrogens (primary N) is 1. The van der Waals surface area contributed by atoms with Gasteiger partial charge in [0.05, 0.1) is 16.0 Å². The largest absolute Gasteiger partial charge is 0.271 e. The van der Waals surface area contributed by atoms with Gasteiger partial charge in [0.25, 0.3) is 0 Å². The smallest absolute Gasteiger partial charge is 0.154 e. The Hall–Kier alpha value is -1.44. The molecule has 0 fully saturated rings. The van der Waals surface area contributed by atoms with E-state index in [-0.39, 0.29) is 0 Å². The minimum absolute atomic E-state index is 0.425. The highest BCUT2D eigenvalue weighted by Gasteiger charge is 2.39. The molecule has 1 aromatic carbocycles. The first-order chi connectivity index (χ1) is 9.68. The van der Waals surface area contributed by atoms with Gasteiger partial charge in [0, 0.05) is 31.2 Å². The number of benzene rings is 1. The summed E-state index contributed by atoms with van der Waals surface area (Å²) in [6.07, 6.45) is 1.67. The maximum atomic E-state index is 12.0. The highest BCUT2D eigenvalue weighted by Crippen LogP contribution is 2.25. The highest BCUT2D eigenvalue weighted by atomic mass is 32.2. The van der Waals surface area contributed by atoms with Crippen molar-refractivity contribution in [2.45, 2.75) is 31.1 Å². The average molecular weight is 310 g/mol. The van der Waals surface area contributed by atoms with Crippen molar-refractivity contribution in [2.75, 3.05) is 6.26 Å². The number of nitrogens with zero attached hydrogens (tertiary/aromatic N) is 2. The predicted molar refractivity (Wildman–Crippen MR) is 84.5 cm³/mol. The van der Waals surface area contributed by atoms with Crippen LogP contribution in [-0.2, 0) is 23.3 Å². The fourth-order valence-corrected chi connectivity index (χ4v) is 3.06. The van der Waals surface area contributed by atoms with Crippen LogP contribution < -0.4 is 11.3 Å². The zero-order valence-electron chi connectivity index (χ0n) is 12.8. The van der Waals surface area contributed by atoms with Gasteiger partial charge in [0.2, 0.25) is 0 Å². The molecule has 0 saturated carbocycles. The summed E-state index contributed by atoms with van der Waals surface area (Å²) >= 11 is 0. The SMILES string of the molecule is Cn1nc(CC(NN)C(C)(C)S(C)(=O)=O)c2ccccc21. The molecular formula is C14H22N4O2S. The van der Waals surface area contributed by atoms with E-state index in [1.54, 1.807) is 18.5 Å². The molecule has 3 N–H and O–H groups in total. The molecule has 0 radical (unpaired) electrons. The Bertz CT molecular complexity index is 749. The summed E-state index contributed by atoms with van der Waals surface area (Å²) in [5, 5.41) is 5.52. The zero-order chi connectivity index (χ0) is 15.8. The number of sulfone groups is 1. The fraction of sp³-hybridized carbons (Fsp3) is 0.500. The van der Waals surface area contributed by atoms with Crippen LogP contribution in [0.4, 0.5) is 0 Å². The minimum atomic E-state index is -3.26. The number of hydrogen-bond donors (Lipinski definition) is 2. The van der Waals surface area contributed by atoms with Crippen LogP contribution in [0.1, 0.15) is 19.5 Å². The third-order valence-electron chi connectivity index (χ3n) is 4.23. The van der Waals surface area contributed by atoms with Gasteiger partial charge in [0.15, 0.2) is 9.84 Å². The van der Waals surface area contributed by atoms with E-state index in [1.165, 1.54) is 6.26 Å². The van der Waals surface area contributed by atoms with Crippen molar-refractivity contribution < 1.29 is 8.42 Å². The van der Waals surface area contributed by atoms with E-state index in [1.807, 2.05) is 31.3 Å². The number of aryl methyl sites for hydroxylation is 1. The molecule has 0 aliphatic carbocycles. The van der Waals surface area contributed by atoms with Crippen molar-refractivity contribution in [1.29, 1.82) is 0 Å². The van der Waals surface area contributed by atoms with Gasteiger partial charge in [-0.2, -0.15) is 5.10 Å². The molecule has 1 aromatic heterocycles. The summed E-state index contributed by atoms with van der Waals surface area (Å²) in [6, 6.07) is 7.44. The third kappa shape index (κ3) is 2.81. The van der Waals surface area contributed by atoms with E-state index in [0.717, 1.165) is 16.6 Å². The zero-order valence-corrected chi connectivity index (χ0v) is 13.6. The lowest BCUT2D eigenvalue weighted by atomic mass is 9.97. The van der Waals surface area contributed by atoms with Gasteiger partial charge in [0.1, 0.15) is 0 Å². The van der Waals surface area contributed by atoms with Crippen molar-refractivity contribution in [2.24, 2.45) is 12.9 Å². The summed E-state index contributed by atoms with van der Waals surface area (Å²) in [6.45, 7) is 3.36. The number of para-hydroxylation sites is 1. The molecule has 7 heteroatoms. The molecule has 21 heavy (non-hydrogen) atoms. The van der Waals surface area contributed by atoms with E-state index < -0.39 is 20.6 Å². The number of aromatic nitrogens is 2. The Balaban J connectivity index is 2.43. The number of fused-ring (bicyclic) bond motifs is 1. The van der Waals surface area contributed by atoms with Crippen LogP contribution >= 0.6 is 0 Å². The summed E-state index contributed by atoms with van der Waals surface area (Å²) in [5.74, 6) is 5.61. The molecule has 1 unspecified atom stereocenters. The van der Waals surface area contributed by atoms with Crippen LogP contribution in [0.5, 0.6) is 0 Å². The molecule has 1 heterocycles. The van der Waals surface area contributed by atoms with Gasteiger partial charge in [-0.3, -0.25) is 16.0 Å². The number of rotatable bonds is 5. The topological polar surface area (TPSA) is 90.0 Å². The monoisotopic (exact) mass is 310 g/mol. The van der Waals surface area contributed by atoms with Crippen molar-refractivity contribution >= 4 is 20.7 Å². The molecule has 0 aliphatic heterocycles. The number of nitrogens with one attached hydrogen (secondary N) is 1. The van der Waals surface area contributed by atoms with Gasteiger partial charge in [-0.05, 0) is 19.9 Å². The Morgan fingerprint density at radius 1 is 1.38 bits per heavy atom. The van der Waals surface area contributed by atoms with Crippen LogP contribution in [0.15, 0.2) is 24.3 Å². The summed E-state index contributed by atoms with van der Waals surface area (Å²) < 4.78 is 24.8. The molecule has 2 aromatic rings. The van der Waals surface area contributed by atoms with E-state index in [4.69, 9.17) is 5.84 Å². The standard InChI is InChI=1S/C14H22N4O2S/c1-14(2,21(4,19)20)13(16-15)9-11-10-7-5-6-8-12(10)18(3)17-11/h5-8,13,16H,9,15H2,1-4H3. The van der Waals surface area contributed by atoms with Crippen molar-refractivity contribution in [3.05, 3.63) is 30.0 Å². The molecule has 0 amide bonds. The fourth-order valence-electron chi connectivity index (χ4n) is 2.40. The van der Waals surface area contributed by atoms with Crippen molar-refractivity contribution in [3.8, 4) is 0 Å². The van der Waals surface area contributed by atoms with Gasteiger partial charge >= 0.3 is 0 Å².